The summed E-state index contributed by atoms with van der Waals surface area (Å²) in [6, 6.07) is 19.4. The van der Waals surface area contributed by atoms with Gasteiger partial charge in [0.2, 0.25) is 5.91 Å². The van der Waals surface area contributed by atoms with E-state index < -0.39 is 5.60 Å². The van der Waals surface area contributed by atoms with Gasteiger partial charge in [-0.3, -0.25) is 4.79 Å². The number of rotatable bonds is 4. The molecule has 1 atom stereocenters. The second kappa shape index (κ2) is 15.6. The fourth-order valence-electron chi connectivity index (χ4n) is 2.28. The Hall–Kier alpha value is -1.15. The molecule has 1 amide bonds. The number of aliphatic hydroxyl groups excluding tert-OH is 1. The Bertz CT molecular complexity index is 812. The zero-order valence-corrected chi connectivity index (χ0v) is 23.4. The van der Waals surface area contributed by atoms with Crippen molar-refractivity contribution in [3.63, 3.8) is 0 Å². The van der Waals surface area contributed by atoms with Gasteiger partial charge in [0.25, 0.3) is 0 Å². The van der Waals surface area contributed by atoms with E-state index in [1.54, 1.807) is 14.1 Å². The quantitative estimate of drug-likeness (QED) is 0.536. The third-order valence-corrected chi connectivity index (χ3v) is 4.18. The molecule has 7 heteroatoms. The van der Waals surface area contributed by atoms with Crippen LogP contribution in [0.5, 0.6) is 0 Å². The summed E-state index contributed by atoms with van der Waals surface area (Å²) in [7, 11) is 3.45. The van der Waals surface area contributed by atoms with Gasteiger partial charge in [-0.05, 0) is 18.2 Å². The zero-order valence-electron chi connectivity index (χ0n) is 18.5. The smallest absolute Gasteiger partial charge is 0.449 e. The van der Waals surface area contributed by atoms with E-state index in [9.17, 15) is 9.90 Å². The molecule has 1 heterocycles. The second-order valence-electron chi connectivity index (χ2n) is 6.68. The Morgan fingerprint density at radius 1 is 1.07 bits per heavy atom. The summed E-state index contributed by atoms with van der Waals surface area (Å²) in [5.41, 5.74) is 1.24. The number of carbonyl (C=O) groups is 1. The van der Waals surface area contributed by atoms with Gasteiger partial charge in [-0.25, -0.2) is 0 Å². The molecule has 0 saturated carbocycles. The van der Waals surface area contributed by atoms with E-state index in [0.29, 0.717) is 11.3 Å². The first-order chi connectivity index (χ1) is 13.8. The van der Waals surface area contributed by atoms with Crippen molar-refractivity contribution >= 4 is 5.91 Å². The third kappa shape index (κ3) is 10.2. The molecule has 0 aliphatic rings. The van der Waals surface area contributed by atoms with E-state index in [1.165, 1.54) is 29.9 Å². The maximum absolute atomic E-state index is 10.6. The number of aliphatic hydroxyl groups is 2. The van der Waals surface area contributed by atoms with Crippen molar-refractivity contribution < 1.29 is 73.2 Å². The molecule has 0 aliphatic heterocycles. The average Bonchev–Trinajstić information content (AvgIpc) is 3.26. The van der Waals surface area contributed by atoms with Crippen molar-refractivity contribution in [2.45, 2.75) is 25.9 Å². The van der Waals surface area contributed by atoms with Crippen LogP contribution in [0.1, 0.15) is 30.2 Å². The van der Waals surface area contributed by atoms with Crippen molar-refractivity contribution in [2.24, 2.45) is 0 Å². The topological polar surface area (TPSA) is 87.8 Å². The Labute approximate surface area is 228 Å². The van der Waals surface area contributed by atoms with Crippen molar-refractivity contribution in [3.05, 3.63) is 90.0 Å². The van der Waals surface area contributed by atoms with Crippen LogP contribution in [0.3, 0.4) is 0 Å². The van der Waals surface area contributed by atoms with Crippen molar-refractivity contribution in [1.29, 1.82) is 0 Å². The first-order valence-electron chi connectivity index (χ1n) is 9.32. The van der Waals surface area contributed by atoms with Crippen LogP contribution in [0, 0.1) is 6.92 Å². The normalized spacial score (nSPS) is 11.4. The zero-order chi connectivity index (χ0) is 21.7. The number of amides is 1. The third-order valence-electron chi connectivity index (χ3n) is 4.18. The number of carbonyl (C=O) groups excluding carboxylic acids is 1. The first kappa shape index (κ1) is 28.8. The summed E-state index contributed by atoms with van der Waals surface area (Å²) in [4.78, 5) is 19.5. The van der Waals surface area contributed by atoms with Crippen LogP contribution >= 0.6 is 0 Å². The molecule has 2 aromatic carbocycles. The van der Waals surface area contributed by atoms with Crippen LogP contribution in [0.4, 0.5) is 0 Å². The summed E-state index contributed by atoms with van der Waals surface area (Å²) in [6.07, 6.45) is 3.11. The largest absolute Gasteiger partial charge is 1.00 e. The molecule has 3 rings (SSSR count). The molecule has 3 aromatic rings. The molecule has 1 unspecified atom stereocenters. The van der Waals surface area contributed by atoms with Gasteiger partial charge in [-0.2, -0.15) is 0 Å². The monoisotopic (exact) mass is 481 g/mol. The fourth-order valence-corrected chi connectivity index (χ4v) is 2.28. The number of aromatic nitrogens is 2. The number of imidazole rings is 1. The summed E-state index contributed by atoms with van der Waals surface area (Å²) in [5.74, 6) is 0.0926. The molecule has 2 N–H and O–H groups in total. The van der Waals surface area contributed by atoms with Gasteiger partial charge in [-0.1, -0.05) is 78.8 Å². The van der Waals surface area contributed by atoms with Crippen molar-refractivity contribution in [2.75, 3.05) is 20.7 Å². The van der Waals surface area contributed by atoms with Crippen LogP contribution < -0.4 is 63.2 Å². The number of nitrogens with zero attached hydrogens (tertiary/aromatic N) is 3. The Kier molecular flexibility index (Phi) is 15.0. The predicted octanol–water partition coefficient (Wildman–Crippen LogP) is -0.249. The number of hydrogen-bond donors (Lipinski definition) is 2. The van der Waals surface area contributed by atoms with Crippen LogP contribution in [0.15, 0.2) is 73.2 Å². The average molecular weight is 482 g/mol. The number of hydrogen-bond acceptors (Lipinski definition) is 4. The standard InChI is InChI=1S/C12H13N2O2.C7H8.C4H9NO.Rb/c15-7-6-12(16,11-8-13-9-14-11)10-4-2-1-3-5-10;1-7-5-3-2-4-6-7;1-4(6)5(2)3;/h1-5,8-9,15-16H,6-7H2;2-6H,1H3;1-3H3;/q-1;;;+1. The van der Waals surface area contributed by atoms with Crippen LogP contribution in [-0.2, 0) is 10.4 Å². The molecule has 0 aliphatic carbocycles. The van der Waals surface area contributed by atoms with E-state index in [4.69, 9.17) is 5.11 Å². The SMILES string of the molecule is CC(=O)N(C)C.Cc1ccccc1.OCCC(O)(c1ccccc1)c1c[n-]cn1.[Rb+]. The minimum absolute atomic E-state index is 0. The summed E-state index contributed by atoms with van der Waals surface area (Å²) in [5, 5.41) is 19.6. The molecule has 0 saturated heterocycles. The maximum Gasteiger partial charge on any atom is 1.00 e. The van der Waals surface area contributed by atoms with E-state index in [2.05, 4.69) is 29.0 Å². The van der Waals surface area contributed by atoms with Gasteiger partial charge in [0.1, 0.15) is 5.60 Å². The molecule has 0 spiro atoms. The molecule has 0 fully saturated rings. The molecule has 156 valence electrons. The summed E-state index contributed by atoms with van der Waals surface area (Å²) < 4.78 is 0. The number of aryl methyl sites for hydroxylation is 1. The Balaban J connectivity index is 0.000000501. The predicted molar refractivity (Wildman–Crippen MR) is 114 cm³/mol. The Morgan fingerprint density at radius 2 is 1.57 bits per heavy atom. The summed E-state index contributed by atoms with van der Waals surface area (Å²) >= 11 is 0. The number of benzene rings is 2. The molecular formula is C23H30N3O3Rb. The van der Waals surface area contributed by atoms with Gasteiger partial charge in [0, 0.05) is 34.0 Å². The second-order valence-corrected chi connectivity index (χ2v) is 6.68. The molecule has 6 nitrogen and oxygen atoms in total. The first-order valence-corrected chi connectivity index (χ1v) is 9.32. The van der Waals surface area contributed by atoms with Gasteiger partial charge in [-0.15, -0.1) is 0 Å². The minimum atomic E-state index is -1.26. The van der Waals surface area contributed by atoms with Crippen LogP contribution in [0.25, 0.3) is 0 Å². The van der Waals surface area contributed by atoms with E-state index in [1.807, 2.05) is 48.5 Å². The Morgan fingerprint density at radius 3 is 1.90 bits per heavy atom. The molecule has 0 radical (unpaired) electrons. The molecular weight excluding hydrogens is 452 g/mol. The van der Waals surface area contributed by atoms with Crippen molar-refractivity contribution in [1.82, 2.24) is 14.9 Å². The molecule has 30 heavy (non-hydrogen) atoms. The maximum atomic E-state index is 10.6. The van der Waals surface area contributed by atoms with Crippen LogP contribution in [0.2, 0.25) is 0 Å². The van der Waals surface area contributed by atoms with Crippen LogP contribution in [-0.4, -0.2) is 46.7 Å². The summed E-state index contributed by atoms with van der Waals surface area (Å²) in [6.45, 7) is 3.50. The van der Waals surface area contributed by atoms with E-state index >= 15 is 0 Å². The van der Waals surface area contributed by atoms with Gasteiger partial charge >= 0.3 is 58.2 Å². The van der Waals surface area contributed by atoms with Gasteiger partial charge in [0.05, 0.1) is 0 Å². The van der Waals surface area contributed by atoms with Gasteiger partial charge < -0.3 is 25.1 Å². The fraction of sp³-hybridized carbons (Fsp3) is 0.304. The molecule has 0 bridgehead atoms. The molecule has 1 aromatic heterocycles. The van der Waals surface area contributed by atoms with Gasteiger partial charge in [0.15, 0.2) is 0 Å². The van der Waals surface area contributed by atoms with E-state index in [0.717, 1.165) is 0 Å². The minimum Gasteiger partial charge on any atom is -0.449 e. The van der Waals surface area contributed by atoms with E-state index in [-0.39, 0.29) is 77.1 Å². The van der Waals surface area contributed by atoms with Crippen molar-refractivity contribution in [3.8, 4) is 0 Å².